The smallest absolute Gasteiger partial charge is 0.303 e. The number of hydrogen-bond acceptors (Lipinski definition) is 8. The zero-order chi connectivity index (χ0) is 32.4. The lowest BCUT2D eigenvalue weighted by molar-refractivity contribution is -0.140. The van der Waals surface area contributed by atoms with Crippen molar-refractivity contribution >= 4 is 54.8 Å². The molecule has 0 saturated carbocycles. The molecule has 0 spiro atoms. The number of rotatable bonds is 15. The molecule has 14 heteroatoms. The normalized spacial score (nSPS) is 12.1. The van der Waals surface area contributed by atoms with E-state index in [1.807, 2.05) is 0 Å². The Bertz CT molecular complexity index is 1570. The molecule has 238 valence electrons. The number of halogens is 4. The van der Waals surface area contributed by atoms with E-state index >= 15 is 17.6 Å². The number of fused-ring (bicyclic) bond motifs is 2. The number of hydrogen-bond donors (Lipinski definition) is 2. The molecule has 2 heterocycles. The topological polar surface area (TPSA) is 112 Å². The first kappa shape index (κ1) is 33.1. The molecule has 0 fully saturated rings. The maximum Gasteiger partial charge on any atom is 0.303 e. The molecule has 0 amide bonds. The van der Waals surface area contributed by atoms with Gasteiger partial charge < -0.3 is 29.2 Å². The number of aliphatic carboxylic acids is 2. The Morgan fingerprint density at radius 1 is 0.659 bits per heavy atom. The third kappa shape index (κ3) is 6.65. The monoisotopic (exact) mass is 658 g/mol. The summed E-state index contributed by atoms with van der Waals surface area (Å²) in [6.45, 7) is 0. The molecule has 2 aromatic carbocycles. The van der Waals surface area contributed by atoms with Crippen molar-refractivity contribution in [2.75, 3.05) is 28.4 Å². The molecule has 0 atom stereocenters. The average Bonchev–Trinajstić information content (AvgIpc) is 3.62. The van der Waals surface area contributed by atoms with Crippen molar-refractivity contribution in [3.63, 3.8) is 0 Å². The number of benzene rings is 2. The zero-order valence-electron chi connectivity index (χ0n) is 24.2. The van der Waals surface area contributed by atoms with E-state index in [0.717, 1.165) is 22.7 Å². The lowest BCUT2D eigenvalue weighted by Crippen LogP contribution is -2.13. The third-order valence-corrected chi connectivity index (χ3v) is 9.58. The quantitative estimate of drug-likeness (QED) is 0.124. The summed E-state index contributed by atoms with van der Waals surface area (Å²) in [4.78, 5) is 21.3. The van der Waals surface area contributed by atoms with E-state index in [4.69, 9.17) is 29.2 Å². The van der Waals surface area contributed by atoms with Gasteiger partial charge in [0.2, 0.25) is 0 Å². The molecule has 4 rings (SSSR count). The van der Waals surface area contributed by atoms with Gasteiger partial charge in [0.05, 0.1) is 51.0 Å². The highest BCUT2D eigenvalue weighted by Crippen LogP contribution is 2.49. The van der Waals surface area contributed by atoms with Gasteiger partial charge in [-0.15, -0.1) is 22.7 Å². The van der Waals surface area contributed by atoms with Crippen LogP contribution in [-0.4, -0.2) is 50.6 Å². The van der Waals surface area contributed by atoms with Crippen LogP contribution in [0.5, 0.6) is 23.0 Å². The molecular weight excluding hydrogens is 628 g/mol. The first-order valence-electron chi connectivity index (χ1n) is 13.3. The van der Waals surface area contributed by atoms with Gasteiger partial charge in [-0.3, -0.25) is 9.59 Å². The highest BCUT2D eigenvalue weighted by Gasteiger charge is 2.36. The fourth-order valence-corrected chi connectivity index (χ4v) is 7.29. The van der Waals surface area contributed by atoms with Crippen LogP contribution in [0.15, 0.2) is 24.3 Å². The van der Waals surface area contributed by atoms with E-state index in [1.165, 1.54) is 40.6 Å². The van der Waals surface area contributed by atoms with Crippen molar-refractivity contribution < 1.29 is 56.3 Å². The van der Waals surface area contributed by atoms with Gasteiger partial charge >= 0.3 is 11.9 Å². The number of carbonyl (C=O) groups is 2. The Balaban J connectivity index is 1.83. The molecule has 8 nitrogen and oxygen atoms in total. The summed E-state index contributed by atoms with van der Waals surface area (Å²) in [5.41, 5.74) is 1.05. The SMILES string of the molecule is COc1cc2sc(C(F)(F)CCC(=O)O)cc2c(CCc2c(OC)c(OC)cc3sc(C(F)(F)CCC(=O)O)cc23)c1OC. The van der Waals surface area contributed by atoms with E-state index in [0.29, 0.717) is 54.3 Å². The molecule has 44 heavy (non-hydrogen) atoms. The second kappa shape index (κ2) is 13.1. The van der Waals surface area contributed by atoms with Gasteiger partial charge in [-0.1, -0.05) is 0 Å². The number of carboxylic acid groups (broad SMARTS) is 2. The lowest BCUT2D eigenvalue weighted by Gasteiger charge is -2.17. The van der Waals surface area contributed by atoms with Crippen LogP contribution >= 0.6 is 22.7 Å². The maximum atomic E-state index is 15.0. The van der Waals surface area contributed by atoms with Crippen molar-refractivity contribution in [3.05, 3.63) is 45.1 Å². The van der Waals surface area contributed by atoms with Crippen LogP contribution in [0.1, 0.15) is 46.6 Å². The van der Waals surface area contributed by atoms with Gasteiger partial charge in [0.1, 0.15) is 0 Å². The third-order valence-electron chi connectivity index (χ3n) is 7.19. The minimum atomic E-state index is -3.39. The molecule has 2 aromatic heterocycles. The second-order valence-corrected chi connectivity index (χ2v) is 12.1. The van der Waals surface area contributed by atoms with E-state index in [2.05, 4.69) is 0 Å². The molecule has 0 aliphatic rings. The summed E-state index contributed by atoms with van der Waals surface area (Å²) in [6.07, 6.45) is -2.76. The summed E-state index contributed by atoms with van der Waals surface area (Å²) in [5.74, 6) is -8.21. The Morgan fingerprint density at radius 3 is 1.32 bits per heavy atom. The van der Waals surface area contributed by atoms with Crippen LogP contribution in [0.3, 0.4) is 0 Å². The minimum absolute atomic E-state index is 0.187. The highest BCUT2D eigenvalue weighted by molar-refractivity contribution is 7.19. The second-order valence-electron chi connectivity index (χ2n) is 9.92. The van der Waals surface area contributed by atoms with Gasteiger partial charge in [0, 0.05) is 56.3 Å². The van der Waals surface area contributed by atoms with Gasteiger partial charge in [-0.2, -0.15) is 0 Å². The van der Waals surface area contributed by atoms with Gasteiger partial charge in [-0.05, 0) is 25.0 Å². The molecular formula is C30H30F4O8S2. The molecule has 0 aliphatic heterocycles. The summed E-state index contributed by atoms with van der Waals surface area (Å²) in [7, 11) is 5.65. The standard InChI is InChI=1S/C30H30F4O8S2/c1-39-19-13-21-17(11-23(43-21)29(31,32)9-7-25(35)36)15(27(19)41-3)5-6-16-18-12-24(30(33,34)10-8-26(37)38)44-22(18)14-20(40-2)28(16)42-4/h11-14H,5-10H2,1-4H3,(H,35,36)(H,37,38). The first-order chi connectivity index (χ1) is 20.8. The van der Waals surface area contributed by atoms with E-state index in [-0.39, 0.29) is 22.6 Å². The minimum Gasteiger partial charge on any atom is -0.493 e. The number of methoxy groups -OCH3 is 4. The summed E-state index contributed by atoms with van der Waals surface area (Å²) in [6, 6.07) is 5.80. The van der Waals surface area contributed by atoms with Crippen molar-refractivity contribution in [1.82, 2.24) is 0 Å². The van der Waals surface area contributed by atoms with Crippen molar-refractivity contribution in [1.29, 1.82) is 0 Å². The summed E-state index contributed by atoms with van der Waals surface area (Å²) in [5, 5.41) is 18.8. The number of thiophene rings is 2. The van der Waals surface area contributed by atoms with Crippen LogP contribution in [0.2, 0.25) is 0 Å². The fraction of sp³-hybridized carbons (Fsp3) is 0.400. The predicted molar refractivity (Wildman–Crippen MR) is 159 cm³/mol. The number of carboxylic acids is 2. The van der Waals surface area contributed by atoms with Gasteiger partial charge in [0.15, 0.2) is 23.0 Å². The molecule has 0 saturated heterocycles. The van der Waals surface area contributed by atoms with Gasteiger partial charge in [-0.25, -0.2) is 17.6 Å². The predicted octanol–water partition coefficient (Wildman–Crippen LogP) is 7.85. The van der Waals surface area contributed by atoms with E-state index in [1.54, 1.807) is 12.1 Å². The Hall–Kier alpha value is -3.78. The van der Waals surface area contributed by atoms with Crippen LogP contribution in [0.4, 0.5) is 17.6 Å². The summed E-state index contributed by atoms with van der Waals surface area (Å²) < 4.78 is 83.3. The molecule has 0 bridgehead atoms. The highest BCUT2D eigenvalue weighted by atomic mass is 32.1. The largest absolute Gasteiger partial charge is 0.493 e. The van der Waals surface area contributed by atoms with Crippen molar-refractivity contribution in [2.45, 2.75) is 50.4 Å². The number of ether oxygens (including phenoxy) is 4. The van der Waals surface area contributed by atoms with Crippen LogP contribution in [-0.2, 0) is 34.3 Å². The maximum absolute atomic E-state index is 15.0. The molecule has 4 aromatic rings. The van der Waals surface area contributed by atoms with Gasteiger partial charge in [0.25, 0.3) is 11.8 Å². The van der Waals surface area contributed by atoms with Crippen LogP contribution in [0.25, 0.3) is 20.2 Å². The lowest BCUT2D eigenvalue weighted by atomic mass is 9.96. The Kier molecular flexibility index (Phi) is 9.83. The number of alkyl halides is 4. The Morgan fingerprint density at radius 2 is 1.02 bits per heavy atom. The van der Waals surface area contributed by atoms with E-state index < -0.39 is 49.5 Å². The van der Waals surface area contributed by atoms with Crippen molar-refractivity contribution in [3.8, 4) is 23.0 Å². The molecule has 0 aliphatic carbocycles. The Labute approximate surface area is 257 Å². The molecule has 0 unspecified atom stereocenters. The summed E-state index contributed by atoms with van der Waals surface area (Å²) >= 11 is 1.65. The van der Waals surface area contributed by atoms with Crippen molar-refractivity contribution in [2.24, 2.45) is 0 Å². The zero-order valence-corrected chi connectivity index (χ0v) is 25.9. The molecule has 0 radical (unpaired) electrons. The van der Waals surface area contributed by atoms with Crippen LogP contribution in [0, 0.1) is 0 Å². The first-order valence-corrected chi connectivity index (χ1v) is 14.9. The molecule has 2 N–H and O–H groups in total. The fourth-order valence-electron chi connectivity index (χ4n) is 5.04. The van der Waals surface area contributed by atoms with E-state index in [9.17, 15) is 9.59 Å². The average molecular weight is 659 g/mol. The number of aryl methyl sites for hydroxylation is 2. The van der Waals surface area contributed by atoms with Crippen LogP contribution < -0.4 is 18.9 Å².